The number of aromatic amines is 1. The molecule has 0 aliphatic rings. The van der Waals surface area contributed by atoms with Gasteiger partial charge in [-0.1, -0.05) is 0 Å². The van der Waals surface area contributed by atoms with Gasteiger partial charge in [0, 0.05) is 17.0 Å². The van der Waals surface area contributed by atoms with E-state index in [1.165, 1.54) is 46.9 Å². The maximum Gasteiger partial charge on any atom is 0.334 e. The molecule has 4 heterocycles. The highest BCUT2D eigenvalue weighted by atomic mass is 32.1. The molecule has 0 unspecified atom stereocenters. The third-order valence-electron chi connectivity index (χ3n) is 4.94. The van der Waals surface area contributed by atoms with Crippen LogP contribution >= 0.6 is 11.3 Å². The SMILES string of the molecule is Cc1c(-c2ccc([N+](=O)[O-])cc2)sc2[nH]c(=O)n(-c3ccc(-n4nccn4)nc3)c(=O)c12. The van der Waals surface area contributed by atoms with Gasteiger partial charge >= 0.3 is 5.69 Å². The molecule has 5 aromatic rings. The Bertz CT molecular complexity index is 1580. The number of aryl methyl sites for hydroxylation is 1. The number of hydrogen-bond donors (Lipinski definition) is 1. The molecule has 0 aliphatic carbocycles. The van der Waals surface area contributed by atoms with Gasteiger partial charge in [-0.3, -0.25) is 19.9 Å². The molecule has 32 heavy (non-hydrogen) atoms. The average Bonchev–Trinajstić information content (AvgIpc) is 3.43. The number of rotatable bonds is 4. The molecule has 1 aromatic carbocycles. The third kappa shape index (κ3) is 3.09. The molecule has 0 amide bonds. The topological polar surface area (TPSA) is 142 Å². The molecule has 5 rings (SSSR count). The highest BCUT2D eigenvalue weighted by Crippen LogP contribution is 2.36. The Hall–Kier alpha value is -4.45. The van der Waals surface area contributed by atoms with Crippen molar-refractivity contribution in [3.05, 3.63) is 91.5 Å². The van der Waals surface area contributed by atoms with Gasteiger partial charge in [0.15, 0.2) is 5.82 Å². The summed E-state index contributed by atoms with van der Waals surface area (Å²) in [5, 5.41) is 19.3. The molecule has 0 aliphatic heterocycles. The monoisotopic (exact) mass is 447 g/mol. The van der Waals surface area contributed by atoms with Gasteiger partial charge in [-0.15, -0.1) is 16.1 Å². The fourth-order valence-corrected chi connectivity index (χ4v) is 4.62. The van der Waals surface area contributed by atoms with Gasteiger partial charge < -0.3 is 0 Å². The molecule has 0 saturated heterocycles. The number of pyridine rings is 1. The second-order valence-electron chi connectivity index (χ2n) is 6.83. The number of nitrogens with one attached hydrogen (secondary N) is 1. The van der Waals surface area contributed by atoms with Crippen LogP contribution in [0.25, 0.3) is 32.2 Å². The molecule has 0 radical (unpaired) electrons. The van der Waals surface area contributed by atoms with Crippen LogP contribution in [0.2, 0.25) is 0 Å². The Morgan fingerprint density at radius 1 is 1.06 bits per heavy atom. The number of nitro benzene ring substituents is 1. The molecule has 4 aromatic heterocycles. The Morgan fingerprint density at radius 3 is 2.41 bits per heavy atom. The van der Waals surface area contributed by atoms with Crippen LogP contribution in [0.15, 0.2) is 64.6 Å². The van der Waals surface area contributed by atoms with E-state index >= 15 is 0 Å². The number of nitro groups is 1. The van der Waals surface area contributed by atoms with E-state index in [0.717, 1.165) is 15.0 Å². The lowest BCUT2D eigenvalue weighted by atomic mass is 10.1. The zero-order chi connectivity index (χ0) is 22.4. The molecule has 0 atom stereocenters. The molecular weight excluding hydrogens is 434 g/mol. The number of nitrogens with zero attached hydrogens (tertiary/aromatic N) is 6. The lowest BCUT2D eigenvalue weighted by molar-refractivity contribution is -0.384. The lowest BCUT2D eigenvalue weighted by Gasteiger charge is -2.06. The second-order valence-corrected chi connectivity index (χ2v) is 7.85. The van der Waals surface area contributed by atoms with E-state index < -0.39 is 16.2 Å². The smallest absolute Gasteiger partial charge is 0.298 e. The van der Waals surface area contributed by atoms with Crippen molar-refractivity contribution in [1.29, 1.82) is 0 Å². The zero-order valence-corrected chi connectivity index (χ0v) is 17.2. The fourth-order valence-electron chi connectivity index (χ4n) is 3.42. The Morgan fingerprint density at radius 2 is 1.78 bits per heavy atom. The second kappa shape index (κ2) is 7.35. The van der Waals surface area contributed by atoms with Crippen LogP contribution in [0.4, 0.5) is 5.69 Å². The highest BCUT2D eigenvalue weighted by Gasteiger charge is 2.19. The van der Waals surface area contributed by atoms with E-state index in [9.17, 15) is 19.7 Å². The van der Waals surface area contributed by atoms with E-state index in [0.29, 0.717) is 27.3 Å². The van der Waals surface area contributed by atoms with E-state index in [4.69, 9.17) is 0 Å². The molecule has 0 fully saturated rings. The van der Waals surface area contributed by atoms with Crippen molar-refractivity contribution in [2.45, 2.75) is 6.92 Å². The van der Waals surface area contributed by atoms with Crippen molar-refractivity contribution in [2.75, 3.05) is 0 Å². The number of benzene rings is 1. The normalized spacial score (nSPS) is 11.2. The van der Waals surface area contributed by atoms with Crippen LogP contribution in [0.1, 0.15) is 5.56 Å². The Balaban J connectivity index is 1.63. The number of fused-ring (bicyclic) bond motifs is 1. The third-order valence-corrected chi connectivity index (χ3v) is 6.20. The maximum absolute atomic E-state index is 13.3. The molecule has 1 N–H and O–H groups in total. The molecule has 158 valence electrons. The molecule has 12 heteroatoms. The largest absolute Gasteiger partial charge is 0.334 e. The number of non-ortho nitro benzene ring substituents is 1. The predicted octanol–water partition coefficient (Wildman–Crippen LogP) is 2.60. The fraction of sp³-hybridized carbons (Fsp3) is 0.0500. The first-order valence-electron chi connectivity index (χ1n) is 9.30. The minimum Gasteiger partial charge on any atom is -0.298 e. The van der Waals surface area contributed by atoms with Gasteiger partial charge in [-0.25, -0.2) is 14.3 Å². The maximum atomic E-state index is 13.3. The first-order valence-corrected chi connectivity index (χ1v) is 10.1. The summed E-state index contributed by atoms with van der Waals surface area (Å²) in [6, 6.07) is 9.25. The number of thiophene rings is 1. The predicted molar refractivity (Wildman–Crippen MR) is 118 cm³/mol. The number of hydrogen-bond acceptors (Lipinski definition) is 8. The van der Waals surface area contributed by atoms with Crippen LogP contribution in [-0.4, -0.2) is 34.5 Å². The van der Waals surface area contributed by atoms with Crippen molar-refractivity contribution >= 4 is 27.2 Å². The molecule has 11 nitrogen and oxygen atoms in total. The van der Waals surface area contributed by atoms with Crippen LogP contribution in [-0.2, 0) is 0 Å². The summed E-state index contributed by atoms with van der Waals surface area (Å²) in [5.74, 6) is 0.441. The summed E-state index contributed by atoms with van der Waals surface area (Å²) in [7, 11) is 0. The average molecular weight is 447 g/mol. The van der Waals surface area contributed by atoms with Gasteiger partial charge in [-0.05, 0) is 42.3 Å². The van der Waals surface area contributed by atoms with Crippen molar-refractivity contribution in [1.82, 2.24) is 29.5 Å². The summed E-state index contributed by atoms with van der Waals surface area (Å²) in [6.45, 7) is 1.78. The van der Waals surface area contributed by atoms with E-state index in [1.807, 2.05) is 0 Å². The zero-order valence-electron chi connectivity index (χ0n) is 16.4. The van der Waals surface area contributed by atoms with Crippen molar-refractivity contribution < 1.29 is 4.92 Å². The summed E-state index contributed by atoms with van der Waals surface area (Å²) in [5.41, 5.74) is 0.613. The standard InChI is InChI=1S/C20H13N7O4S/c1-11-16-18(32-17(11)12-2-4-13(5-3-12)27(30)31)24-20(29)25(19(16)28)14-6-7-15(21-10-14)26-22-8-9-23-26/h2-10H,1H3,(H,24,29). The van der Waals surface area contributed by atoms with Gasteiger partial charge in [0.05, 0.1) is 34.6 Å². The molecule has 0 spiro atoms. The van der Waals surface area contributed by atoms with E-state index in [-0.39, 0.29) is 5.69 Å². The quantitative estimate of drug-likeness (QED) is 0.330. The number of H-pyrrole nitrogens is 1. The first kappa shape index (κ1) is 19.5. The van der Waals surface area contributed by atoms with Crippen molar-refractivity contribution in [2.24, 2.45) is 0 Å². The Labute approximate surface area is 182 Å². The highest BCUT2D eigenvalue weighted by molar-refractivity contribution is 7.22. The summed E-state index contributed by atoms with van der Waals surface area (Å²) >= 11 is 1.25. The molecule has 0 saturated carbocycles. The van der Waals surface area contributed by atoms with Gasteiger partial charge in [-0.2, -0.15) is 10.2 Å². The summed E-state index contributed by atoms with van der Waals surface area (Å²) in [4.78, 5) is 45.9. The lowest BCUT2D eigenvalue weighted by Crippen LogP contribution is -2.33. The van der Waals surface area contributed by atoms with Crippen molar-refractivity contribution in [3.8, 4) is 21.9 Å². The minimum absolute atomic E-state index is 0.0236. The van der Waals surface area contributed by atoms with Crippen LogP contribution in [0.3, 0.4) is 0 Å². The Kier molecular flexibility index (Phi) is 4.48. The van der Waals surface area contributed by atoms with Gasteiger partial charge in [0.1, 0.15) is 4.83 Å². The minimum atomic E-state index is -0.592. The van der Waals surface area contributed by atoms with Crippen LogP contribution in [0, 0.1) is 17.0 Å². The van der Waals surface area contributed by atoms with E-state index in [2.05, 4.69) is 20.2 Å². The van der Waals surface area contributed by atoms with E-state index in [1.54, 1.807) is 31.2 Å². The summed E-state index contributed by atoms with van der Waals surface area (Å²) < 4.78 is 1.02. The van der Waals surface area contributed by atoms with Crippen molar-refractivity contribution in [3.63, 3.8) is 0 Å². The van der Waals surface area contributed by atoms with Crippen LogP contribution < -0.4 is 11.2 Å². The summed E-state index contributed by atoms with van der Waals surface area (Å²) in [6.07, 6.45) is 4.43. The molecular formula is C20H13N7O4S. The first-order chi connectivity index (χ1) is 15.4. The van der Waals surface area contributed by atoms with Gasteiger partial charge in [0.2, 0.25) is 0 Å². The van der Waals surface area contributed by atoms with Crippen LogP contribution in [0.5, 0.6) is 0 Å². The van der Waals surface area contributed by atoms with Gasteiger partial charge in [0.25, 0.3) is 11.2 Å². The molecule has 0 bridgehead atoms. The number of aromatic nitrogens is 6.